The van der Waals surface area contributed by atoms with Gasteiger partial charge < -0.3 is 0 Å². The summed E-state index contributed by atoms with van der Waals surface area (Å²) in [5.41, 5.74) is 3.04. The monoisotopic (exact) mass is 514 g/mol. The van der Waals surface area contributed by atoms with E-state index >= 15 is 0 Å². The molecule has 0 atom stereocenters. The zero-order chi connectivity index (χ0) is 24.4. The van der Waals surface area contributed by atoms with Crippen LogP contribution in [0.2, 0.25) is 0 Å². The molecule has 198 valence electrons. The first kappa shape index (κ1) is 34.4. The number of hydrogen-bond donors (Lipinski definition) is 0. The molecule has 35 heavy (non-hydrogen) atoms. The summed E-state index contributed by atoms with van der Waals surface area (Å²) < 4.78 is 0. The van der Waals surface area contributed by atoms with Gasteiger partial charge in [0.25, 0.3) is 0 Å². The topological polar surface area (TPSA) is 0 Å². The second-order valence-electron chi connectivity index (χ2n) is 10.5. The zero-order valence-electron chi connectivity index (χ0n) is 23.7. The maximum absolute atomic E-state index is 2.28. The van der Waals surface area contributed by atoms with E-state index in [4.69, 9.17) is 0 Å². The molecule has 0 aliphatic heterocycles. The van der Waals surface area contributed by atoms with E-state index in [0.29, 0.717) is 0 Å². The molecule has 0 spiro atoms. The van der Waals surface area contributed by atoms with Crippen LogP contribution in [-0.4, -0.2) is 0 Å². The summed E-state index contributed by atoms with van der Waals surface area (Å²) in [4.78, 5) is 0. The Hall–Kier alpha value is -0.586. The van der Waals surface area contributed by atoms with E-state index in [9.17, 15) is 0 Å². The first-order valence-corrected chi connectivity index (χ1v) is 15.3. The van der Waals surface area contributed by atoms with E-state index in [1.54, 1.807) is 0 Å². The smallest absolute Gasteiger partial charge is 0.213 e. The second kappa shape index (κ2) is 28.0. The molecule has 0 aliphatic rings. The number of rotatable bonds is 22. The largest absolute Gasteiger partial charge is 2.00 e. The van der Waals surface area contributed by atoms with E-state index < -0.39 is 0 Å². The molecule has 1 heteroatoms. The maximum atomic E-state index is 2.28. The molecule has 0 radical (unpaired) electrons. The van der Waals surface area contributed by atoms with Crippen molar-refractivity contribution in [2.75, 3.05) is 0 Å². The van der Waals surface area contributed by atoms with Crippen LogP contribution in [0.4, 0.5) is 0 Å². The van der Waals surface area contributed by atoms with Gasteiger partial charge in [-0.15, -0.1) is 0 Å². The van der Waals surface area contributed by atoms with Gasteiger partial charge >= 0.3 is 21.7 Å². The number of hydrogen-bond acceptors (Lipinski definition) is 0. The molecule has 0 amide bonds. The summed E-state index contributed by atoms with van der Waals surface area (Å²) in [6, 6.07) is 17.6. The van der Waals surface area contributed by atoms with Gasteiger partial charge in [-0.2, -0.15) is 35.4 Å². The van der Waals surface area contributed by atoms with Crippen molar-refractivity contribution in [1.29, 1.82) is 0 Å². The maximum Gasteiger partial charge on any atom is 2.00 e. The third-order valence-corrected chi connectivity index (χ3v) is 7.10. The van der Waals surface area contributed by atoms with Crippen LogP contribution in [0.25, 0.3) is 0 Å². The molecule has 2 aromatic carbocycles. The Morgan fingerprint density at radius 3 is 0.829 bits per heavy atom. The van der Waals surface area contributed by atoms with Crippen LogP contribution in [0.15, 0.2) is 48.5 Å². The minimum absolute atomic E-state index is 0. The van der Waals surface area contributed by atoms with Crippen LogP contribution in [-0.2, 0) is 34.6 Å². The van der Waals surface area contributed by atoms with E-state index in [0.717, 1.165) is 0 Å². The van der Waals surface area contributed by atoms with E-state index in [1.807, 2.05) is 0 Å². The Labute approximate surface area is 235 Å². The molecule has 0 fully saturated rings. The van der Waals surface area contributed by atoms with Crippen LogP contribution in [0, 0.1) is 0 Å². The molecule has 0 unspecified atom stereocenters. The molecule has 0 aliphatic carbocycles. The molecular formula is C34H58Ti. The third kappa shape index (κ3) is 23.6. The van der Waals surface area contributed by atoms with Gasteiger partial charge in [0.15, 0.2) is 0 Å². The Morgan fingerprint density at radius 2 is 0.571 bits per heavy atom. The third-order valence-electron chi connectivity index (χ3n) is 7.10. The molecule has 0 saturated heterocycles. The van der Waals surface area contributed by atoms with E-state index in [-0.39, 0.29) is 21.7 Å². The molecule has 2 rings (SSSR count). The van der Waals surface area contributed by atoms with Gasteiger partial charge in [-0.3, -0.25) is 0 Å². The van der Waals surface area contributed by atoms with Gasteiger partial charge in [-0.05, 0) is 0 Å². The molecule has 0 bridgehead atoms. The van der Waals surface area contributed by atoms with Crippen LogP contribution < -0.4 is 0 Å². The number of unbranched alkanes of at least 4 members (excludes halogenated alkanes) is 18. The van der Waals surface area contributed by atoms with Gasteiger partial charge in [0.1, 0.15) is 0 Å². The Balaban J connectivity index is 0.000000642. The fourth-order valence-electron chi connectivity index (χ4n) is 4.79. The van der Waals surface area contributed by atoms with Gasteiger partial charge in [0.05, 0.1) is 0 Å². The average Bonchev–Trinajstić information content (AvgIpc) is 3.56. The van der Waals surface area contributed by atoms with E-state index in [1.165, 1.54) is 152 Å². The summed E-state index contributed by atoms with van der Waals surface area (Å²) in [5.74, 6) is 0. The average molecular weight is 515 g/mol. The predicted octanol–water partition coefficient (Wildman–Crippen LogP) is 11.7. The Bertz CT molecular complexity index is 526. The van der Waals surface area contributed by atoms with Crippen molar-refractivity contribution < 1.29 is 21.7 Å². The Kier molecular flexibility index (Phi) is 27.5. The quantitative estimate of drug-likeness (QED) is 0.0832. The van der Waals surface area contributed by atoms with Crippen LogP contribution in [0.5, 0.6) is 0 Å². The first-order chi connectivity index (χ1) is 16.9. The summed E-state index contributed by atoms with van der Waals surface area (Å²) in [7, 11) is 0. The van der Waals surface area contributed by atoms with Crippen molar-refractivity contribution in [1.82, 2.24) is 0 Å². The summed E-state index contributed by atoms with van der Waals surface area (Å²) in [6.07, 6.45) is 31.2. The molecule has 0 saturated carbocycles. The van der Waals surface area contributed by atoms with Crippen molar-refractivity contribution in [2.24, 2.45) is 0 Å². The van der Waals surface area contributed by atoms with Gasteiger partial charge in [-0.1, -0.05) is 155 Å². The fourth-order valence-corrected chi connectivity index (χ4v) is 4.79. The van der Waals surface area contributed by atoms with Gasteiger partial charge in [0.2, 0.25) is 0 Å². The molecule has 0 heterocycles. The van der Waals surface area contributed by atoms with Crippen molar-refractivity contribution in [3.63, 3.8) is 0 Å². The fraction of sp³-hybridized carbons (Fsp3) is 0.706. The van der Waals surface area contributed by atoms with Crippen molar-refractivity contribution in [3.8, 4) is 0 Å². The first-order valence-electron chi connectivity index (χ1n) is 15.3. The molecule has 0 aromatic heterocycles. The SMILES string of the molecule is CCCCCCCCCCCC[c-]1cccc1.CCCCCCCCCCCC[c-]1cccc1.[Ti+2]. The van der Waals surface area contributed by atoms with E-state index in [2.05, 4.69) is 62.4 Å². The summed E-state index contributed by atoms with van der Waals surface area (Å²) in [6.45, 7) is 4.57. The van der Waals surface area contributed by atoms with Crippen LogP contribution in [0.3, 0.4) is 0 Å². The van der Waals surface area contributed by atoms with Gasteiger partial charge in [0, 0.05) is 0 Å². The summed E-state index contributed by atoms with van der Waals surface area (Å²) >= 11 is 0. The normalized spacial score (nSPS) is 10.6. The molecule has 0 N–H and O–H groups in total. The Morgan fingerprint density at radius 1 is 0.343 bits per heavy atom. The van der Waals surface area contributed by atoms with Gasteiger partial charge in [-0.25, -0.2) is 24.3 Å². The zero-order valence-corrected chi connectivity index (χ0v) is 25.2. The second-order valence-corrected chi connectivity index (χ2v) is 10.5. The minimum atomic E-state index is 0. The summed E-state index contributed by atoms with van der Waals surface area (Å²) in [5, 5.41) is 0. The van der Waals surface area contributed by atoms with Crippen LogP contribution in [0.1, 0.15) is 153 Å². The number of aryl methyl sites for hydroxylation is 2. The van der Waals surface area contributed by atoms with Crippen molar-refractivity contribution >= 4 is 0 Å². The molecular weight excluding hydrogens is 456 g/mol. The minimum Gasteiger partial charge on any atom is -0.213 e. The van der Waals surface area contributed by atoms with Crippen LogP contribution >= 0.6 is 0 Å². The van der Waals surface area contributed by atoms with Crippen molar-refractivity contribution in [2.45, 2.75) is 155 Å². The predicted molar refractivity (Wildman–Crippen MR) is 155 cm³/mol. The molecule has 0 nitrogen and oxygen atoms in total. The standard InChI is InChI=1S/2C17H29.Ti/c2*1-2-3-4-5-6-7-8-9-10-11-14-17-15-12-13-16-17;/h2*12-13,15-16H,2-11,14H2,1H3;/q2*-1;+2. The molecule has 2 aromatic rings. The van der Waals surface area contributed by atoms with Crippen molar-refractivity contribution in [3.05, 3.63) is 59.7 Å².